The number of benzene rings is 4. The van der Waals surface area contributed by atoms with Crippen LogP contribution in [0.25, 0.3) is 21.5 Å². The molecule has 0 atom stereocenters. The molecule has 0 unspecified atom stereocenters. The van der Waals surface area contributed by atoms with E-state index in [0.29, 0.717) is 6.54 Å². The van der Waals surface area contributed by atoms with Crippen molar-refractivity contribution >= 4 is 30.0 Å². The van der Waals surface area contributed by atoms with Gasteiger partial charge in [-0.2, -0.15) is 0 Å². The van der Waals surface area contributed by atoms with Gasteiger partial charge in [-0.05, 0) is 132 Å². The summed E-state index contributed by atoms with van der Waals surface area (Å²) in [5.74, 6) is 0. The van der Waals surface area contributed by atoms with Crippen molar-refractivity contribution < 1.29 is 20.1 Å². The fraction of sp³-hybridized carbons (Fsp3) is 0.583. The van der Waals surface area contributed by atoms with E-state index in [1.165, 1.54) is 45.5 Å². The molecule has 0 bridgehead atoms. The molecule has 1 saturated heterocycles. The molecule has 7 rings (SSSR count). The minimum absolute atomic E-state index is 0. The van der Waals surface area contributed by atoms with Crippen LogP contribution in [-0.4, -0.2) is 86.8 Å². The predicted octanol–water partition coefficient (Wildman–Crippen LogP) is 10.3. The van der Waals surface area contributed by atoms with Gasteiger partial charge in [0.1, 0.15) is 0 Å². The van der Waals surface area contributed by atoms with Crippen LogP contribution >= 0.6 is 0 Å². The standard InChI is InChI=1S/C20H27NO.C18H23NO.C4H8O.C2H6O.4CH4.B/c1-19(22)10-12-20(13-11-19,15-21(2)3)18-9-8-16-6-4-5-7-17(16)14-18;1-17(20)8-10-18(13-19,11-9-17)16-7-6-14-4-2-3-5-15(14)12-16;1-2-4-5-3-1;1-2-3;;;;;/h4-9,14,22H,10-13,15H2,1-3H3;2-7,12,20H,8-11,13,19H2,1H3;1-4H2;3H,2H2,1H3;4*1H4;. The molecule has 2 saturated carbocycles. The molecular formula is C48H80BN2O4. The van der Waals surface area contributed by atoms with Gasteiger partial charge >= 0.3 is 0 Å². The molecule has 1 aliphatic heterocycles. The zero-order valence-corrected chi connectivity index (χ0v) is 32.0. The summed E-state index contributed by atoms with van der Waals surface area (Å²) in [5.41, 5.74) is 8.06. The molecule has 7 heteroatoms. The number of likely N-dealkylation sites (N-methyl/N-ethyl adjacent to an activating group) is 1. The van der Waals surface area contributed by atoms with E-state index in [4.69, 9.17) is 15.6 Å². The number of hydrogen-bond donors (Lipinski definition) is 4. The third-order valence-electron chi connectivity index (χ3n) is 11.1. The third-order valence-corrected chi connectivity index (χ3v) is 11.1. The average Bonchev–Trinajstić information content (AvgIpc) is 3.71. The Kier molecular flexibility index (Phi) is 24.5. The highest BCUT2D eigenvalue weighted by Gasteiger charge is 2.41. The average molecular weight is 760 g/mol. The minimum Gasteiger partial charge on any atom is -0.397 e. The summed E-state index contributed by atoms with van der Waals surface area (Å²) >= 11 is 0. The maximum atomic E-state index is 10.3. The van der Waals surface area contributed by atoms with Crippen molar-refractivity contribution in [3.63, 3.8) is 0 Å². The summed E-state index contributed by atoms with van der Waals surface area (Å²) in [7, 11) is 4.30. The Hall–Kier alpha value is -2.78. The summed E-state index contributed by atoms with van der Waals surface area (Å²) in [4.78, 5) is 2.29. The number of nitrogens with zero attached hydrogens (tertiary/aromatic N) is 1. The third kappa shape index (κ3) is 15.2. The van der Waals surface area contributed by atoms with Gasteiger partial charge in [0.15, 0.2) is 0 Å². The quantitative estimate of drug-likeness (QED) is 0.151. The first kappa shape index (κ1) is 54.3. The van der Waals surface area contributed by atoms with Gasteiger partial charge in [0, 0.05) is 52.2 Å². The van der Waals surface area contributed by atoms with Crippen LogP contribution < -0.4 is 5.73 Å². The fourth-order valence-corrected chi connectivity index (χ4v) is 7.84. The lowest BCUT2D eigenvalue weighted by molar-refractivity contribution is -0.00436. The predicted molar refractivity (Wildman–Crippen MR) is 243 cm³/mol. The van der Waals surface area contributed by atoms with Crippen LogP contribution in [0.2, 0.25) is 0 Å². The number of hydrogen-bond acceptors (Lipinski definition) is 6. The first-order chi connectivity index (χ1) is 23.9. The number of nitrogens with two attached hydrogens (primary N) is 1. The normalized spacial score (nSPS) is 25.3. The molecule has 309 valence electrons. The van der Waals surface area contributed by atoms with E-state index < -0.39 is 11.2 Å². The Morgan fingerprint density at radius 1 is 0.600 bits per heavy atom. The molecule has 4 aromatic rings. The lowest BCUT2D eigenvalue weighted by Gasteiger charge is -2.44. The highest BCUT2D eigenvalue weighted by Crippen LogP contribution is 2.45. The number of aliphatic hydroxyl groups excluding tert-OH is 1. The van der Waals surface area contributed by atoms with Gasteiger partial charge in [-0.1, -0.05) is 115 Å². The molecule has 4 aromatic carbocycles. The molecular weight excluding hydrogens is 679 g/mol. The lowest BCUT2D eigenvalue weighted by Crippen LogP contribution is -2.45. The molecule has 1 heterocycles. The second-order valence-corrected chi connectivity index (χ2v) is 15.8. The Labute approximate surface area is 339 Å². The summed E-state index contributed by atoms with van der Waals surface area (Å²) in [6.07, 6.45) is 10.0. The van der Waals surface area contributed by atoms with Crippen LogP contribution in [0.1, 0.15) is 126 Å². The van der Waals surface area contributed by atoms with Gasteiger partial charge in [-0.15, -0.1) is 0 Å². The first-order valence-electron chi connectivity index (χ1n) is 18.8. The Balaban J connectivity index is 0. The summed E-state index contributed by atoms with van der Waals surface area (Å²) < 4.78 is 4.94. The molecule has 0 spiro atoms. The molecule has 5 N–H and O–H groups in total. The van der Waals surface area contributed by atoms with Crippen LogP contribution in [0.15, 0.2) is 84.9 Å². The van der Waals surface area contributed by atoms with E-state index in [1.807, 2.05) is 13.8 Å². The van der Waals surface area contributed by atoms with Crippen molar-refractivity contribution in [2.75, 3.05) is 47.0 Å². The molecule has 3 fully saturated rings. The van der Waals surface area contributed by atoms with E-state index in [-0.39, 0.29) is 55.6 Å². The van der Waals surface area contributed by atoms with E-state index in [2.05, 4.69) is 104 Å². The molecule has 55 heavy (non-hydrogen) atoms. The largest absolute Gasteiger partial charge is 0.397 e. The molecule has 3 aliphatic rings. The van der Waals surface area contributed by atoms with Crippen molar-refractivity contribution in [2.24, 2.45) is 5.73 Å². The summed E-state index contributed by atoms with van der Waals surface area (Å²) in [5, 5.41) is 33.3. The molecule has 3 radical (unpaired) electrons. The lowest BCUT2D eigenvalue weighted by atomic mass is 9.65. The fourth-order valence-electron chi connectivity index (χ4n) is 7.84. The highest BCUT2D eigenvalue weighted by atomic mass is 16.5. The van der Waals surface area contributed by atoms with Crippen molar-refractivity contribution in [1.29, 1.82) is 0 Å². The van der Waals surface area contributed by atoms with Gasteiger partial charge in [0.05, 0.1) is 11.2 Å². The van der Waals surface area contributed by atoms with Crippen LogP contribution in [-0.2, 0) is 15.6 Å². The number of aliphatic hydroxyl groups is 3. The van der Waals surface area contributed by atoms with Gasteiger partial charge in [0.2, 0.25) is 0 Å². The SMILES string of the molecule is C.C.C.C.C1CCOC1.CC1(O)CCC(CN)(c2ccc3ccccc3c2)CC1.CCO.CN(C)CC1(c2ccc3ccccc3c2)CCC(C)(O)CC1.[B]. The molecule has 0 aromatic heterocycles. The van der Waals surface area contributed by atoms with Crippen LogP contribution in [0.5, 0.6) is 0 Å². The minimum atomic E-state index is -0.518. The van der Waals surface area contributed by atoms with Crippen molar-refractivity contribution in [3.8, 4) is 0 Å². The highest BCUT2D eigenvalue weighted by molar-refractivity contribution is 5.84. The Morgan fingerprint density at radius 3 is 1.27 bits per heavy atom. The molecule has 0 amide bonds. The Bertz CT molecular complexity index is 1590. The van der Waals surface area contributed by atoms with E-state index >= 15 is 0 Å². The Morgan fingerprint density at radius 2 is 0.945 bits per heavy atom. The molecule has 2 aliphatic carbocycles. The zero-order valence-electron chi connectivity index (χ0n) is 32.0. The van der Waals surface area contributed by atoms with Gasteiger partial charge in [0.25, 0.3) is 0 Å². The summed E-state index contributed by atoms with van der Waals surface area (Å²) in [6, 6.07) is 30.6. The number of ether oxygens (including phenoxy) is 1. The second kappa shape index (κ2) is 24.8. The number of fused-ring (bicyclic) bond motifs is 2. The zero-order chi connectivity index (χ0) is 36.3. The van der Waals surface area contributed by atoms with Crippen molar-refractivity contribution in [3.05, 3.63) is 96.1 Å². The maximum Gasteiger partial charge on any atom is 0.0620 e. The van der Waals surface area contributed by atoms with Crippen molar-refractivity contribution in [1.82, 2.24) is 4.90 Å². The van der Waals surface area contributed by atoms with Crippen LogP contribution in [0.3, 0.4) is 0 Å². The van der Waals surface area contributed by atoms with E-state index in [1.54, 1.807) is 6.92 Å². The van der Waals surface area contributed by atoms with Crippen molar-refractivity contribution in [2.45, 2.75) is 137 Å². The van der Waals surface area contributed by atoms with Gasteiger partial charge in [-0.25, -0.2) is 0 Å². The topological polar surface area (TPSA) is 99.2 Å². The monoisotopic (exact) mass is 760 g/mol. The maximum absolute atomic E-state index is 10.3. The first-order valence-corrected chi connectivity index (χ1v) is 18.8. The number of rotatable bonds is 5. The van der Waals surface area contributed by atoms with Crippen LogP contribution in [0.4, 0.5) is 0 Å². The second-order valence-electron chi connectivity index (χ2n) is 15.8. The van der Waals surface area contributed by atoms with E-state index in [0.717, 1.165) is 71.1 Å². The van der Waals surface area contributed by atoms with E-state index in [9.17, 15) is 10.2 Å². The molecule has 6 nitrogen and oxygen atoms in total. The van der Waals surface area contributed by atoms with Crippen LogP contribution in [0, 0.1) is 0 Å². The van der Waals surface area contributed by atoms with Gasteiger partial charge < -0.3 is 30.7 Å². The summed E-state index contributed by atoms with van der Waals surface area (Å²) in [6.45, 7) is 9.55. The van der Waals surface area contributed by atoms with Gasteiger partial charge in [-0.3, -0.25) is 0 Å². The smallest absolute Gasteiger partial charge is 0.0620 e.